The number of aromatic carboxylic acids is 1. The maximum absolute atomic E-state index is 10.7. The van der Waals surface area contributed by atoms with Gasteiger partial charge >= 0.3 is 5.97 Å². The number of benzene rings is 1. The van der Waals surface area contributed by atoms with Crippen molar-refractivity contribution in [2.45, 2.75) is 26.4 Å². The standard InChI is InChI=1S/C13H16N2O2/c1-10(2)15(8-7-14)9-11-3-5-12(6-4-11)13(16)17/h3-6,10H,8-9H2,1-2H3,(H,16,17). The van der Waals surface area contributed by atoms with Crippen LogP contribution in [0.3, 0.4) is 0 Å². The van der Waals surface area contributed by atoms with Gasteiger partial charge in [0.25, 0.3) is 0 Å². The molecule has 0 aliphatic heterocycles. The molecule has 0 heterocycles. The van der Waals surface area contributed by atoms with Crippen LogP contribution in [0.1, 0.15) is 29.8 Å². The Labute approximate surface area is 101 Å². The Balaban J connectivity index is 2.74. The van der Waals surface area contributed by atoms with E-state index in [0.717, 1.165) is 5.56 Å². The van der Waals surface area contributed by atoms with E-state index in [1.807, 2.05) is 18.7 Å². The maximum atomic E-state index is 10.7. The van der Waals surface area contributed by atoms with Crippen LogP contribution < -0.4 is 0 Å². The molecule has 0 spiro atoms. The average molecular weight is 232 g/mol. The van der Waals surface area contributed by atoms with Crippen LogP contribution in [0, 0.1) is 11.3 Å². The predicted octanol–water partition coefficient (Wildman–Crippen LogP) is 2.12. The summed E-state index contributed by atoms with van der Waals surface area (Å²) in [6.45, 7) is 5.09. The zero-order chi connectivity index (χ0) is 12.8. The molecule has 1 N–H and O–H groups in total. The van der Waals surface area contributed by atoms with Crippen LogP contribution in [0.25, 0.3) is 0 Å². The van der Waals surface area contributed by atoms with Crippen LogP contribution in [0.5, 0.6) is 0 Å². The van der Waals surface area contributed by atoms with Gasteiger partial charge in [-0.15, -0.1) is 0 Å². The average Bonchev–Trinajstić information content (AvgIpc) is 2.29. The zero-order valence-corrected chi connectivity index (χ0v) is 10.1. The smallest absolute Gasteiger partial charge is 0.335 e. The fourth-order valence-corrected chi connectivity index (χ4v) is 1.50. The van der Waals surface area contributed by atoms with Crippen LogP contribution in [0.15, 0.2) is 24.3 Å². The molecule has 0 unspecified atom stereocenters. The topological polar surface area (TPSA) is 64.3 Å². The summed E-state index contributed by atoms with van der Waals surface area (Å²) < 4.78 is 0. The lowest BCUT2D eigenvalue weighted by Crippen LogP contribution is -2.30. The lowest BCUT2D eigenvalue weighted by Gasteiger charge is -2.23. The van der Waals surface area contributed by atoms with Gasteiger partial charge in [-0.3, -0.25) is 4.90 Å². The third-order valence-electron chi connectivity index (χ3n) is 2.59. The van der Waals surface area contributed by atoms with Crippen molar-refractivity contribution in [3.63, 3.8) is 0 Å². The third-order valence-corrected chi connectivity index (χ3v) is 2.59. The summed E-state index contributed by atoms with van der Waals surface area (Å²) in [5.41, 5.74) is 1.30. The monoisotopic (exact) mass is 232 g/mol. The van der Waals surface area contributed by atoms with Crippen molar-refractivity contribution in [1.29, 1.82) is 5.26 Å². The summed E-state index contributed by atoms with van der Waals surface area (Å²) >= 11 is 0. The second-order valence-corrected chi connectivity index (χ2v) is 4.16. The molecule has 90 valence electrons. The molecule has 0 radical (unpaired) electrons. The van der Waals surface area contributed by atoms with Gasteiger partial charge in [0, 0.05) is 12.6 Å². The summed E-state index contributed by atoms with van der Waals surface area (Å²) in [4.78, 5) is 12.7. The molecule has 1 aromatic rings. The Morgan fingerprint density at radius 1 is 1.41 bits per heavy atom. The van der Waals surface area contributed by atoms with Crippen molar-refractivity contribution < 1.29 is 9.90 Å². The molecule has 4 heteroatoms. The van der Waals surface area contributed by atoms with Gasteiger partial charge in [0.15, 0.2) is 0 Å². The Bertz CT molecular complexity index is 418. The Kier molecular flexibility index (Phi) is 4.68. The van der Waals surface area contributed by atoms with E-state index >= 15 is 0 Å². The summed E-state index contributed by atoms with van der Waals surface area (Å²) in [5.74, 6) is -0.922. The quantitative estimate of drug-likeness (QED) is 0.790. The number of nitriles is 1. The van der Waals surface area contributed by atoms with Gasteiger partial charge in [-0.25, -0.2) is 4.79 Å². The second-order valence-electron chi connectivity index (χ2n) is 4.16. The molecule has 0 fully saturated rings. The molecule has 0 aliphatic carbocycles. The molecule has 17 heavy (non-hydrogen) atoms. The third kappa shape index (κ3) is 3.89. The van der Waals surface area contributed by atoms with Gasteiger partial charge in [0.1, 0.15) is 0 Å². The highest BCUT2D eigenvalue weighted by Crippen LogP contribution is 2.09. The van der Waals surface area contributed by atoms with E-state index < -0.39 is 5.97 Å². The van der Waals surface area contributed by atoms with E-state index in [-0.39, 0.29) is 11.6 Å². The minimum Gasteiger partial charge on any atom is -0.478 e. The summed E-state index contributed by atoms with van der Waals surface area (Å²) in [7, 11) is 0. The van der Waals surface area contributed by atoms with E-state index in [0.29, 0.717) is 13.1 Å². The molecule has 0 aliphatic rings. The molecule has 1 aromatic carbocycles. The minimum atomic E-state index is -0.922. The van der Waals surface area contributed by atoms with Crippen LogP contribution in [-0.2, 0) is 6.54 Å². The van der Waals surface area contributed by atoms with Crippen molar-refractivity contribution in [2.24, 2.45) is 0 Å². The van der Waals surface area contributed by atoms with E-state index in [2.05, 4.69) is 6.07 Å². The summed E-state index contributed by atoms with van der Waals surface area (Å²) in [5, 5.41) is 17.5. The summed E-state index contributed by atoms with van der Waals surface area (Å²) in [6, 6.07) is 9.16. The number of rotatable bonds is 5. The van der Waals surface area contributed by atoms with Crippen molar-refractivity contribution in [3.8, 4) is 6.07 Å². The molecule has 4 nitrogen and oxygen atoms in total. The van der Waals surface area contributed by atoms with Gasteiger partial charge in [0.2, 0.25) is 0 Å². The van der Waals surface area contributed by atoms with Crippen molar-refractivity contribution in [2.75, 3.05) is 6.54 Å². The SMILES string of the molecule is CC(C)N(CC#N)Cc1ccc(C(=O)O)cc1. The van der Waals surface area contributed by atoms with Gasteiger partial charge in [-0.05, 0) is 31.5 Å². The van der Waals surface area contributed by atoms with E-state index in [1.54, 1.807) is 24.3 Å². The van der Waals surface area contributed by atoms with Crippen LogP contribution in [-0.4, -0.2) is 28.6 Å². The largest absolute Gasteiger partial charge is 0.478 e. The number of nitrogens with zero attached hydrogens (tertiary/aromatic N) is 2. The van der Waals surface area contributed by atoms with Gasteiger partial charge in [-0.1, -0.05) is 12.1 Å². The minimum absolute atomic E-state index is 0.283. The first-order valence-electron chi connectivity index (χ1n) is 5.48. The molecule has 1 rings (SSSR count). The van der Waals surface area contributed by atoms with Crippen LogP contribution in [0.2, 0.25) is 0 Å². The van der Waals surface area contributed by atoms with E-state index in [1.165, 1.54) is 0 Å². The molecule has 0 amide bonds. The lowest BCUT2D eigenvalue weighted by atomic mass is 10.1. The summed E-state index contributed by atoms with van der Waals surface area (Å²) in [6.07, 6.45) is 0. The van der Waals surface area contributed by atoms with E-state index in [4.69, 9.17) is 10.4 Å². The van der Waals surface area contributed by atoms with E-state index in [9.17, 15) is 4.79 Å². The zero-order valence-electron chi connectivity index (χ0n) is 10.1. The maximum Gasteiger partial charge on any atom is 0.335 e. The predicted molar refractivity (Wildman–Crippen MR) is 64.6 cm³/mol. The highest BCUT2D eigenvalue weighted by atomic mass is 16.4. The van der Waals surface area contributed by atoms with Crippen molar-refractivity contribution >= 4 is 5.97 Å². The van der Waals surface area contributed by atoms with Crippen molar-refractivity contribution in [3.05, 3.63) is 35.4 Å². The second kappa shape index (κ2) is 6.02. The molecular weight excluding hydrogens is 216 g/mol. The number of hydrogen-bond acceptors (Lipinski definition) is 3. The van der Waals surface area contributed by atoms with Crippen LogP contribution in [0.4, 0.5) is 0 Å². The number of carboxylic acids is 1. The first-order valence-corrected chi connectivity index (χ1v) is 5.48. The highest BCUT2D eigenvalue weighted by molar-refractivity contribution is 5.87. The normalized spacial score (nSPS) is 10.5. The Hall–Kier alpha value is -1.86. The Morgan fingerprint density at radius 2 is 2.00 bits per heavy atom. The van der Waals surface area contributed by atoms with Crippen molar-refractivity contribution in [1.82, 2.24) is 4.90 Å². The first-order chi connectivity index (χ1) is 8.04. The molecule has 0 saturated carbocycles. The van der Waals surface area contributed by atoms with Crippen LogP contribution >= 0.6 is 0 Å². The first kappa shape index (κ1) is 13.2. The molecule has 0 aromatic heterocycles. The molecule has 0 bridgehead atoms. The van der Waals surface area contributed by atoms with Gasteiger partial charge < -0.3 is 5.11 Å². The Morgan fingerprint density at radius 3 is 2.41 bits per heavy atom. The number of hydrogen-bond donors (Lipinski definition) is 1. The number of carboxylic acid groups (broad SMARTS) is 1. The molecule has 0 atom stereocenters. The number of carbonyl (C=O) groups is 1. The van der Waals surface area contributed by atoms with Gasteiger partial charge in [0.05, 0.1) is 18.2 Å². The van der Waals surface area contributed by atoms with Gasteiger partial charge in [-0.2, -0.15) is 5.26 Å². The highest BCUT2D eigenvalue weighted by Gasteiger charge is 2.10. The fourth-order valence-electron chi connectivity index (χ4n) is 1.50. The fraction of sp³-hybridized carbons (Fsp3) is 0.385. The molecule has 0 saturated heterocycles. The lowest BCUT2D eigenvalue weighted by molar-refractivity contribution is 0.0697. The molecular formula is C13H16N2O2.